The molecule has 0 N–H and O–H groups in total. The molecule has 2 aromatic heterocycles. The molecule has 0 atom stereocenters. The normalized spacial score (nSPS) is 12.3. The first kappa shape index (κ1) is 16.0. The van der Waals surface area contributed by atoms with Gasteiger partial charge in [0.25, 0.3) is 5.91 Å². The Morgan fingerprint density at radius 2 is 1.89 bits per heavy atom. The molecule has 0 unspecified atom stereocenters. The molecule has 0 saturated heterocycles. The zero-order chi connectivity index (χ0) is 18.5. The van der Waals surface area contributed by atoms with Crippen molar-refractivity contribution in [3.8, 4) is 17.1 Å². The van der Waals surface area contributed by atoms with E-state index in [1.165, 1.54) is 10.6 Å². The van der Waals surface area contributed by atoms with Crippen LogP contribution in [0.1, 0.15) is 15.9 Å². The Labute approximate surface area is 158 Å². The second kappa shape index (κ2) is 5.93. The van der Waals surface area contributed by atoms with Crippen molar-refractivity contribution in [1.82, 2.24) is 9.55 Å². The zero-order valence-electron chi connectivity index (χ0n) is 13.9. The van der Waals surface area contributed by atoms with E-state index < -0.39 is 5.82 Å². The summed E-state index contributed by atoms with van der Waals surface area (Å²) >= 11 is 5.92. The van der Waals surface area contributed by atoms with Crippen LogP contribution in [0.25, 0.3) is 22.3 Å². The number of hydrogen-bond acceptors (Lipinski definition) is 3. The van der Waals surface area contributed by atoms with Crippen molar-refractivity contribution in [2.45, 2.75) is 6.61 Å². The summed E-state index contributed by atoms with van der Waals surface area (Å²) in [5.41, 5.74) is 2.51. The number of rotatable bonds is 3. The first-order chi connectivity index (χ1) is 13.1. The average Bonchev–Trinajstić information content (AvgIpc) is 3.25. The maximum Gasteiger partial charge on any atom is 0.268 e. The molecular formula is C21H12ClFN2O2. The first-order valence-electron chi connectivity index (χ1n) is 8.35. The van der Waals surface area contributed by atoms with Crippen LogP contribution in [0, 0.1) is 5.82 Å². The number of ether oxygens (including phenoxy) is 1. The van der Waals surface area contributed by atoms with Gasteiger partial charge < -0.3 is 4.74 Å². The van der Waals surface area contributed by atoms with E-state index in [-0.39, 0.29) is 18.0 Å². The summed E-state index contributed by atoms with van der Waals surface area (Å²) in [5.74, 6) is -0.336. The highest BCUT2D eigenvalue weighted by Crippen LogP contribution is 2.41. The van der Waals surface area contributed by atoms with E-state index in [4.69, 9.17) is 16.3 Å². The van der Waals surface area contributed by atoms with Crippen LogP contribution in [0.2, 0.25) is 5.02 Å². The van der Waals surface area contributed by atoms with Crippen molar-refractivity contribution in [3.63, 3.8) is 0 Å². The largest absolute Gasteiger partial charge is 0.487 e. The molecule has 0 bridgehead atoms. The van der Waals surface area contributed by atoms with Crippen molar-refractivity contribution in [2.75, 3.05) is 0 Å². The van der Waals surface area contributed by atoms with Crippen molar-refractivity contribution in [3.05, 3.63) is 82.8 Å². The molecular weight excluding hydrogens is 367 g/mol. The van der Waals surface area contributed by atoms with E-state index in [1.807, 2.05) is 12.1 Å². The van der Waals surface area contributed by atoms with E-state index in [9.17, 15) is 9.18 Å². The summed E-state index contributed by atoms with van der Waals surface area (Å²) in [6.45, 7) is 0.224. The third-order valence-corrected chi connectivity index (χ3v) is 4.89. The minimum atomic E-state index is -0.455. The third-order valence-electron chi connectivity index (χ3n) is 4.64. The number of aromatic nitrogens is 2. The van der Waals surface area contributed by atoms with Gasteiger partial charge in [-0.2, -0.15) is 0 Å². The lowest BCUT2D eigenvalue weighted by Crippen LogP contribution is -2.08. The predicted molar refractivity (Wildman–Crippen MR) is 101 cm³/mol. The summed E-state index contributed by atoms with van der Waals surface area (Å²) < 4.78 is 22.0. The van der Waals surface area contributed by atoms with E-state index in [0.29, 0.717) is 33.1 Å². The molecule has 0 saturated carbocycles. The number of benzene rings is 2. The van der Waals surface area contributed by atoms with Crippen molar-refractivity contribution in [1.29, 1.82) is 0 Å². The van der Waals surface area contributed by atoms with Gasteiger partial charge in [-0.3, -0.25) is 9.36 Å². The summed E-state index contributed by atoms with van der Waals surface area (Å²) in [7, 11) is 0. The van der Waals surface area contributed by atoms with Crippen LogP contribution < -0.4 is 4.74 Å². The lowest BCUT2D eigenvalue weighted by molar-refractivity contribution is 0.0965. The smallest absolute Gasteiger partial charge is 0.268 e. The molecule has 0 radical (unpaired) electrons. The number of pyridine rings is 1. The Bertz CT molecular complexity index is 1220. The molecule has 132 valence electrons. The topological polar surface area (TPSA) is 44.1 Å². The van der Waals surface area contributed by atoms with E-state index in [0.717, 1.165) is 5.56 Å². The molecule has 1 aliphatic rings. The number of fused-ring (bicyclic) bond motifs is 4. The molecule has 0 aliphatic carbocycles. The van der Waals surface area contributed by atoms with Gasteiger partial charge in [0.1, 0.15) is 34.9 Å². The van der Waals surface area contributed by atoms with Crippen LogP contribution in [-0.2, 0) is 6.61 Å². The maximum atomic E-state index is 14.4. The monoisotopic (exact) mass is 378 g/mol. The number of halogens is 2. The molecule has 4 aromatic rings. The van der Waals surface area contributed by atoms with Crippen LogP contribution >= 0.6 is 11.6 Å². The molecule has 6 heteroatoms. The van der Waals surface area contributed by atoms with Gasteiger partial charge in [-0.25, -0.2) is 9.37 Å². The van der Waals surface area contributed by atoms with Crippen LogP contribution in [0.15, 0.2) is 60.8 Å². The quantitative estimate of drug-likeness (QED) is 0.440. The van der Waals surface area contributed by atoms with Crippen molar-refractivity contribution < 1.29 is 13.9 Å². The molecule has 2 aromatic carbocycles. The molecule has 0 spiro atoms. The number of hydrogen-bond donors (Lipinski definition) is 0. The zero-order valence-corrected chi connectivity index (χ0v) is 14.7. The molecule has 4 nitrogen and oxygen atoms in total. The van der Waals surface area contributed by atoms with Crippen molar-refractivity contribution in [2.24, 2.45) is 0 Å². The Kier molecular flexibility index (Phi) is 3.52. The summed E-state index contributed by atoms with van der Waals surface area (Å²) in [5, 5.41) is 1.10. The Morgan fingerprint density at radius 3 is 2.70 bits per heavy atom. The van der Waals surface area contributed by atoms with E-state index in [1.54, 1.807) is 42.6 Å². The molecule has 1 aliphatic heterocycles. The van der Waals surface area contributed by atoms with Gasteiger partial charge in [-0.05, 0) is 42.0 Å². The minimum absolute atomic E-state index is 0.185. The van der Waals surface area contributed by atoms with Gasteiger partial charge in [0.2, 0.25) is 0 Å². The highest BCUT2D eigenvalue weighted by molar-refractivity contribution is 6.30. The fourth-order valence-corrected chi connectivity index (χ4v) is 3.49. The SMILES string of the molecule is O=C1c2c(nc3c(F)cccc3c2OCc2ccc(Cl)cc2)-c2cccn21. The standard InChI is InChI=1S/C21H12ClFN2O2/c22-13-8-6-12(7-9-13)11-27-20-14-3-1-4-15(23)18(14)24-19-16-5-2-10-25(16)21(26)17(19)20/h1-10H,11H2. The van der Waals surface area contributed by atoms with Gasteiger partial charge >= 0.3 is 0 Å². The fourth-order valence-electron chi connectivity index (χ4n) is 3.36. The van der Waals surface area contributed by atoms with Gasteiger partial charge in [0, 0.05) is 16.6 Å². The van der Waals surface area contributed by atoms with Gasteiger partial charge in [-0.15, -0.1) is 0 Å². The maximum absolute atomic E-state index is 14.4. The summed E-state index contributed by atoms with van der Waals surface area (Å²) in [6.07, 6.45) is 1.67. The van der Waals surface area contributed by atoms with Gasteiger partial charge in [0.15, 0.2) is 0 Å². The highest BCUT2D eigenvalue weighted by Gasteiger charge is 2.33. The van der Waals surface area contributed by atoms with E-state index in [2.05, 4.69) is 4.98 Å². The van der Waals surface area contributed by atoms with Crippen LogP contribution in [0.4, 0.5) is 4.39 Å². The fraction of sp³-hybridized carbons (Fsp3) is 0.0476. The number of carbonyl (C=O) groups excluding carboxylic acids is 1. The van der Waals surface area contributed by atoms with Crippen LogP contribution in [0.3, 0.4) is 0 Å². The van der Waals surface area contributed by atoms with E-state index >= 15 is 0 Å². The minimum Gasteiger partial charge on any atom is -0.487 e. The predicted octanol–water partition coefficient (Wildman–Crippen LogP) is 5.08. The Morgan fingerprint density at radius 1 is 1.07 bits per heavy atom. The third kappa shape index (κ3) is 2.43. The number of para-hydroxylation sites is 1. The molecule has 3 heterocycles. The molecule has 0 fully saturated rings. The van der Waals surface area contributed by atoms with Gasteiger partial charge in [-0.1, -0.05) is 29.8 Å². The first-order valence-corrected chi connectivity index (χ1v) is 8.73. The Balaban J connectivity index is 1.69. The number of carbonyl (C=O) groups is 1. The number of nitrogens with zero attached hydrogens (tertiary/aromatic N) is 2. The second-order valence-electron chi connectivity index (χ2n) is 6.28. The molecule has 27 heavy (non-hydrogen) atoms. The van der Waals surface area contributed by atoms with Gasteiger partial charge in [0.05, 0.1) is 5.69 Å². The highest BCUT2D eigenvalue weighted by atomic mass is 35.5. The lowest BCUT2D eigenvalue weighted by Gasteiger charge is -2.13. The summed E-state index contributed by atoms with van der Waals surface area (Å²) in [6, 6.07) is 15.4. The Hall–Kier alpha value is -3.18. The van der Waals surface area contributed by atoms with Crippen molar-refractivity contribution >= 4 is 28.4 Å². The van der Waals surface area contributed by atoms with Crippen LogP contribution in [0.5, 0.6) is 5.75 Å². The molecule has 5 rings (SSSR count). The average molecular weight is 379 g/mol. The lowest BCUT2D eigenvalue weighted by atomic mass is 10.1. The summed E-state index contributed by atoms with van der Waals surface area (Å²) in [4.78, 5) is 17.3. The second-order valence-corrected chi connectivity index (χ2v) is 6.72. The molecule has 0 amide bonds. The van der Waals surface area contributed by atoms with Crippen LogP contribution in [-0.4, -0.2) is 15.5 Å².